The minimum absolute atomic E-state index is 0.0244. The smallest absolute Gasteiger partial charge is 0.270 e. The summed E-state index contributed by atoms with van der Waals surface area (Å²) >= 11 is 3.30. The highest BCUT2D eigenvalue weighted by Gasteiger charge is 2.20. The van der Waals surface area contributed by atoms with E-state index in [9.17, 15) is 15.2 Å². The number of hydrogen-bond donors (Lipinski definition) is 1. The van der Waals surface area contributed by atoms with E-state index < -0.39 is 10.5 Å². The molecule has 1 N–H and O–H groups in total. The number of benzene rings is 1. The number of aliphatic hydroxyl groups is 1. The summed E-state index contributed by atoms with van der Waals surface area (Å²) in [6.45, 7) is 3.66. The van der Waals surface area contributed by atoms with Crippen molar-refractivity contribution in [3.8, 4) is 0 Å². The molecule has 1 aromatic carbocycles. The lowest BCUT2D eigenvalue weighted by atomic mass is 10.1. The molecule has 0 amide bonds. The van der Waals surface area contributed by atoms with Crippen LogP contribution in [0.2, 0.25) is 0 Å². The monoisotopic (exact) mass is 340 g/mol. The van der Waals surface area contributed by atoms with Crippen molar-refractivity contribution in [1.29, 1.82) is 0 Å². The highest BCUT2D eigenvalue weighted by Crippen LogP contribution is 2.24. The lowest BCUT2D eigenvalue weighted by molar-refractivity contribution is -0.384. The van der Waals surface area contributed by atoms with Crippen LogP contribution in [-0.4, -0.2) is 25.0 Å². The van der Waals surface area contributed by atoms with Crippen LogP contribution < -0.4 is 0 Å². The zero-order valence-electron chi connectivity index (χ0n) is 10.9. The van der Waals surface area contributed by atoms with Crippen LogP contribution in [0.1, 0.15) is 25.1 Å². The van der Waals surface area contributed by atoms with Gasteiger partial charge in [-0.3, -0.25) is 10.1 Å². The summed E-state index contributed by atoms with van der Waals surface area (Å²) < 4.78 is 2.20. The Morgan fingerprint density at radius 2 is 2.20 bits per heavy atom. The van der Waals surface area contributed by atoms with Gasteiger partial charge in [0.25, 0.3) is 5.69 Å². The van der Waals surface area contributed by atoms with Gasteiger partial charge in [0.1, 0.15) is 11.3 Å². The number of nitro groups is 1. The van der Waals surface area contributed by atoms with Gasteiger partial charge in [0.15, 0.2) is 0 Å². The fraction of sp³-hybridized carbons (Fsp3) is 0.333. The van der Waals surface area contributed by atoms with E-state index in [-0.39, 0.29) is 5.69 Å². The fourth-order valence-electron chi connectivity index (χ4n) is 1.61. The third kappa shape index (κ3) is 3.20. The van der Waals surface area contributed by atoms with E-state index in [1.165, 1.54) is 12.1 Å². The first kappa shape index (κ1) is 14.6. The molecule has 0 saturated heterocycles. The molecular formula is C12H13BrN4O3. The van der Waals surface area contributed by atoms with Gasteiger partial charge in [-0.15, -0.1) is 5.10 Å². The molecule has 0 spiro atoms. The fourth-order valence-corrected chi connectivity index (χ4v) is 2.10. The number of halogens is 1. The summed E-state index contributed by atoms with van der Waals surface area (Å²) in [6, 6.07) is 4.55. The van der Waals surface area contributed by atoms with E-state index >= 15 is 0 Å². The number of rotatable bonds is 4. The second-order valence-electron chi connectivity index (χ2n) is 4.89. The maximum absolute atomic E-state index is 10.7. The zero-order chi connectivity index (χ0) is 14.9. The summed E-state index contributed by atoms with van der Waals surface area (Å²) in [4.78, 5) is 10.2. The Bertz CT molecular complexity index is 648. The normalized spacial score (nSPS) is 11.6. The molecule has 0 aliphatic heterocycles. The Kier molecular flexibility index (Phi) is 3.87. The lowest BCUT2D eigenvalue weighted by Gasteiger charge is -2.11. The standard InChI is InChI=1S/C12H13BrN4O3/c1-12(2,18)11-7-16(15-14-11)6-8-3-4-9(17(19)20)5-10(8)13/h3-5,7,18H,6H2,1-2H3. The topological polar surface area (TPSA) is 94.1 Å². The summed E-state index contributed by atoms with van der Waals surface area (Å²) in [7, 11) is 0. The maximum Gasteiger partial charge on any atom is 0.270 e. The van der Waals surface area contributed by atoms with Crippen molar-refractivity contribution in [2.45, 2.75) is 26.0 Å². The Labute approximate surface area is 123 Å². The Hall–Kier alpha value is -1.80. The molecule has 106 valence electrons. The quantitative estimate of drug-likeness (QED) is 0.680. The van der Waals surface area contributed by atoms with Crippen LogP contribution in [0.15, 0.2) is 28.9 Å². The van der Waals surface area contributed by atoms with Gasteiger partial charge in [-0.05, 0) is 25.5 Å². The molecule has 0 bridgehead atoms. The highest BCUT2D eigenvalue weighted by atomic mass is 79.9. The van der Waals surface area contributed by atoms with Crippen molar-refractivity contribution in [1.82, 2.24) is 15.0 Å². The summed E-state index contributed by atoms with van der Waals surface area (Å²) in [5.74, 6) is 0. The molecular weight excluding hydrogens is 328 g/mol. The second-order valence-corrected chi connectivity index (χ2v) is 5.75. The zero-order valence-corrected chi connectivity index (χ0v) is 12.5. The van der Waals surface area contributed by atoms with Gasteiger partial charge < -0.3 is 5.11 Å². The van der Waals surface area contributed by atoms with Crippen molar-refractivity contribution in [2.24, 2.45) is 0 Å². The first-order valence-electron chi connectivity index (χ1n) is 5.83. The molecule has 0 atom stereocenters. The molecule has 1 aromatic heterocycles. The van der Waals surface area contributed by atoms with Gasteiger partial charge >= 0.3 is 0 Å². The van der Waals surface area contributed by atoms with E-state index in [4.69, 9.17) is 0 Å². The Morgan fingerprint density at radius 1 is 1.50 bits per heavy atom. The van der Waals surface area contributed by atoms with Crippen molar-refractivity contribution < 1.29 is 10.0 Å². The van der Waals surface area contributed by atoms with Crippen LogP contribution in [0.4, 0.5) is 5.69 Å². The molecule has 7 nitrogen and oxygen atoms in total. The molecule has 0 unspecified atom stereocenters. The van der Waals surface area contributed by atoms with Crippen LogP contribution in [0.3, 0.4) is 0 Å². The second kappa shape index (κ2) is 5.29. The van der Waals surface area contributed by atoms with Gasteiger partial charge in [0.05, 0.1) is 17.7 Å². The lowest BCUT2D eigenvalue weighted by Crippen LogP contribution is -2.15. The van der Waals surface area contributed by atoms with Gasteiger partial charge in [0.2, 0.25) is 0 Å². The molecule has 0 aliphatic carbocycles. The van der Waals surface area contributed by atoms with Crippen LogP contribution in [0.5, 0.6) is 0 Å². The van der Waals surface area contributed by atoms with Crippen LogP contribution in [0.25, 0.3) is 0 Å². The van der Waals surface area contributed by atoms with Crippen LogP contribution in [0, 0.1) is 10.1 Å². The maximum atomic E-state index is 10.7. The molecule has 0 fully saturated rings. The highest BCUT2D eigenvalue weighted by molar-refractivity contribution is 9.10. The molecule has 8 heteroatoms. The molecule has 0 aliphatic rings. The summed E-state index contributed by atoms with van der Waals surface area (Å²) in [5.41, 5.74) is 0.278. The van der Waals surface area contributed by atoms with E-state index in [0.29, 0.717) is 16.7 Å². The van der Waals surface area contributed by atoms with Gasteiger partial charge in [-0.25, -0.2) is 4.68 Å². The van der Waals surface area contributed by atoms with Crippen molar-refractivity contribution in [3.63, 3.8) is 0 Å². The predicted octanol–water partition coefficient (Wildman–Crippen LogP) is 2.22. The SMILES string of the molecule is CC(C)(O)c1cn(Cc2ccc([N+](=O)[O-])cc2Br)nn1. The number of nitro benzene ring substituents is 1. The Balaban J connectivity index is 2.22. The summed E-state index contributed by atoms with van der Waals surface area (Å²) in [6.07, 6.45) is 1.65. The minimum Gasteiger partial charge on any atom is -0.384 e. The molecule has 2 aromatic rings. The first-order chi connectivity index (χ1) is 9.27. The van der Waals surface area contributed by atoms with Crippen molar-refractivity contribution >= 4 is 21.6 Å². The number of hydrogen-bond acceptors (Lipinski definition) is 5. The average Bonchev–Trinajstić information content (AvgIpc) is 2.80. The van der Waals surface area contributed by atoms with E-state index in [1.807, 2.05) is 0 Å². The third-order valence-corrected chi connectivity index (χ3v) is 3.48. The summed E-state index contributed by atoms with van der Waals surface area (Å²) in [5, 5.41) is 28.3. The molecule has 0 saturated carbocycles. The van der Waals surface area contributed by atoms with E-state index in [0.717, 1.165) is 5.56 Å². The molecule has 0 radical (unpaired) electrons. The minimum atomic E-state index is -1.05. The van der Waals surface area contributed by atoms with E-state index in [1.54, 1.807) is 30.8 Å². The molecule has 1 heterocycles. The van der Waals surface area contributed by atoms with E-state index in [2.05, 4.69) is 26.2 Å². The Morgan fingerprint density at radius 3 is 2.70 bits per heavy atom. The number of aromatic nitrogens is 3. The van der Waals surface area contributed by atoms with Gasteiger partial charge in [-0.1, -0.05) is 21.1 Å². The molecule has 20 heavy (non-hydrogen) atoms. The van der Waals surface area contributed by atoms with Gasteiger partial charge in [-0.2, -0.15) is 0 Å². The third-order valence-electron chi connectivity index (χ3n) is 2.75. The van der Waals surface area contributed by atoms with Crippen LogP contribution in [-0.2, 0) is 12.1 Å². The first-order valence-corrected chi connectivity index (χ1v) is 6.62. The predicted molar refractivity (Wildman–Crippen MR) is 75.2 cm³/mol. The largest absolute Gasteiger partial charge is 0.384 e. The van der Waals surface area contributed by atoms with Crippen LogP contribution >= 0.6 is 15.9 Å². The van der Waals surface area contributed by atoms with Crippen molar-refractivity contribution in [3.05, 3.63) is 50.2 Å². The van der Waals surface area contributed by atoms with Gasteiger partial charge in [0, 0.05) is 16.6 Å². The average molecular weight is 341 g/mol. The number of non-ortho nitro benzene ring substituents is 1. The molecule has 2 rings (SSSR count). The van der Waals surface area contributed by atoms with Crippen molar-refractivity contribution in [2.75, 3.05) is 0 Å². The number of nitrogens with zero attached hydrogens (tertiary/aromatic N) is 4.